The molecule has 0 saturated heterocycles. The fraction of sp³-hybridized carbons (Fsp3) is 0.0667. The van der Waals surface area contributed by atoms with Crippen molar-refractivity contribution in [1.29, 1.82) is 0 Å². The first-order valence-corrected chi connectivity index (χ1v) is 6.80. The van der Waals surface area contributed by atoms with Gasteiger partial charge in [0.15, 0.2) is 5.69 Å². The van der Waals surface area contributed by atoms with Crippen molar-refractivity contribution in [1.82, 2.24) is 14.7 Å². The number of nitrogens with one attached hydrogen (secondary N) is 1. The number of nitrogens with zero attached hydrogens (tertiary/aromatic N) is 3. The van der Waals surface area contributed by atoms with Crippen LogP contribution in [0.4, 0.5) is 5.69 Å². The van der Waals surface area contributed by atoms with Crippen LogP contribution < -0.4 is 15.6 Å². The van der Waals surface area contributed by atoms with Crippen LogP contribution in [0.3, 0.4) is 0 Å². The van der Waals surface area contributed by atoms with Gasteiger partial charge in [0.25, 0.3) is 11.5 Å². The first kappa shape index (κ1) is 15.3. The van der Waals surface area contributed by atoms with Crippen LogP contribution in [0.5, 0.6) is 17.5 Å². The summed E-state index contributed by atoms with van der Waals surface area (Å²) in [7, 11) is 1.37. The van der Waals surface area contributed by atoms with E-state index in [2.05, 4.69) is 20.0 Å². The van der Waals surface area contributed by atoms with Crippen molar-refractivity contribution in [2.45, 2.75) is 0 Å². The first-order chi connectivity index (χ1) is 11.6. The number of benzene rings is 1. The summed E-state index contributed by atoms with van der Waals surface area (Å²) in [6.07, 6.45) is 2.45. The van der Waals surface area contributed by atoms with E-state index >= 15 is 0 Å². The van der Waals surface area contributed by atoms with E-state index < -0.39 is 22.9 Å². The number of aromatic hydroxyl groups is 1. The van der Waals surface area contributed by atoms with Gasteiger partial charge in [0.2, 0.25) is 5.75 Å². The second kappa shape index (κ2) is 6.24. The summed E-state index contributed by atoms with van der Waals surface area (Å²) < 4.78 is 11.1. The second-order valence-corrected chi connectivity index (χ2v) is 4.74. The van der Waals surface area contributed by atoms with Gasteiger partial charge in [-0.2, -0.15) is 4.98 Å². The van der Waals surface area contributed by atoms with Gasteiger partial charge in [-0.15, -0.1) is 0 Å². The summed E-state index contributed by atoms with van der Waals surface area (Å²) in [6.45, 7) is 0. The van der Waals surface area contributed by atoms with Crippen molar-refractivity contribution in [2.24, 2.45) is 7.05 Å². The third-order valence-corrected chi connectivity index (χ3v) is 3.08. The lowest BCUT2D eigenvalue weighted by atomic mass is 10.3. The Morgan fingerprint density at radius 2 is 2.08 bits per heavy atom. The number of carbonyl (C=O) groups excluding carboxylic acids is 1. The van der Waals surface area contributed by atoms with E-state index in [1.54, 1.807) is 30.3 Å². The molecule has 1 amide bonds. The number of hydrogen-bond acceptors (Lipinski definition) is 7. The molecule has 3 aromatic rings. The van der Waals surface area contributed by atoms with Gasteiger partial charge in [-0.05, 0) is 12.1 Å². The molecular weight excluding hydrogens is 316 g/mol. The Hall–Kier alpha value is -3.62. The Bertz CT molecular complexity index is 919. The molecule has 9 heteroatoms. The van der Waals surface area contributed by atoms with Crippen LogP contribution in [0.1, 0.15) is 10.5 Å². The van der Waals surface area contributed by atoms with Gasteiger partial charge in [-0.1, -0.05) is 23.4 Å². The fourth-order valence-corrected chi connectivity index (χ4v) is 1.87. The van der Waals surface area contributed by atoms with Crippen LogP contribution in [0.25, 0.3) is 0 Å². The molecule has 0 radical (unpaired) electrons. The molecule has 3 rings (SSSR count). The summed E-state index contributed by atoms with van der Waals surface area (Å²) in [5.41, 5.74) is -1.02. The van der Waals surface area contributed by atoms with Crippen molar-refractivity contribution in [2.75, 3.05) is 5.32 Å². The summed E-state index contributed by atoms with van der Waals surface area (Å²) in [5, 5.41) is 15.7. The molecule has 0 bridgehead atoms. The molecule has 2 aromatic heterocycles. The van der Waals surface area contributed by atoms with Crippen LogP contribution in [0.2, 0.25) is 0 Å². The average Bonchev–Trinajstić information content (AvgIpc) is 3.09. The van der Waals surface area contributed by atoms with Crippen molar-refractivity contribution >= 4 is 11.6 Å². The van der Waals surface area contributed by atoms with E-state index in [1.807, 2.05) is 0 Å². The second-order valence-electron chi connectivity index (χ2n) is 4.74. The molecule has 0 fully saturated rings. The minimum Gasteiger partial charge on any atom is -0.501 e. The maximum Gasteiger partial charge on any atom is 0.305 e. The largest absolute Gasteiger partial charge is 0.501 e. The number of hydrogen-bond donors (Lipinski definition) is 2. The SMILES string of the molecule is Cn1c(Oc2ccccc2)nc(C(=O)Nc2cnoc2)c(O)c1=O. The number of para-hydroxylation sites is 1. The van der Waals surface area contributed by atoms with Gasteiger partial charge in [-0.3, -0.25) is 14.2 Å². The smallest absolute Gasteiger partial charge is 0.305 e. The lowest BCUT2D eigenvalue weighted by Crippen LogP contribution is -2.24. The number of rotatable bonds is 4. The molecule has 0 spiro atoms. The van der Waals surface area contributed by atoms with Crippen molar-refractivity contribution in [3.05, 3.63) is 58.8 Å². The summed E-state index contributed by atoms with van der Waals surface area (Å²) in [6, 6.07) is 8.47. The molecule has 0 unspecified atom stereocenters. The van der Waals surface area contributed by atoms with Crippen LogP contribution in [0, 0.1) is 0 Å². The lowest BCUT2D eigenvalue weighted by molar-refractivity contribution is 0.101. The van der Waals surface area contributed by atoms with E-state index in [-0.39, 0.29) is 11.7 Å². The highest BCUT2D eigenvalue weighted by molar-refractivity contribution is 6.04. The molecule has 0 aliphatic heterocycles. The Balaban J connectivity index is 1.97. The van der Waals surface area contributed by atoms with Crippen molar-refractivity contribution < 1.29 is 19.2 Å². The summed E-state index contributed by atoms with van der Waals surface area (Å²) >= 11 is 0. The van der Waals surface area contributed by atoms with Crippen LogP contribution in [-0.4, -0.2) is 25.7 Å². The minimum atomic E-state index is -0.814. The predicted molar refractivity (Wildman–Crippen MR) is 82.1 cm³/mol. The van der Waals surface area contributed by atoms with Crippen LogP contribution >= 0.6 is 0 Å². The summed E-state index contributed by atoms with van der Waals surface area (Å²) in [4.78, 5) is 28.2. The zero-order valence-corrected chi connectivity index (χ0v) is 12.5. The quantitative estimate of drug-likeness (QED) is 0.745. The zero-order valence-electron chi connectivity index (χ0n) is 12.5. The Morgan fingerprint density at radius 3 is 2.75 bits per heavy atom. The number of anilines is 1. The van der Waals surface area contributed by atoms with Gasteiger partial charge >= 0.3 is 6.01 Å². The molecule has 0 aliphatic rings. The van der Waals surface area contributed by atoms with E-state index in [9.17, 15) is 14.7 Å². The van der Waals surface area contributed by atoms with E-state index in [4.69, 9.17) is 4.74 Å². The minimum absolute atomic E-state index is 0.139. The molecule has 1 aromatic carbocycles. The topological polar surface area (TPSA) is 119 Å². The molecule has 9 nitrogen and oxygen atoms in total. The standard InChI is InChI=1S/C15H12N4O5/c1-19-14(22)12(20)11(13(21)17-9-7-16-23-8-9)18-15(19)24-10-5-3-2-4-6-10/h2-8,20H,1H3,(H,17,21). The summed E-state index contributed by atoms with van der Waals surface area (Å²) in [5.74, 6) is -1.16. The van der Waals surface area contributed by atoms with Gasteiger partial charge < -0.3 is 19.7 Å². The molecule has 2 heterocycles. The molecule has 0 atom stereocenters. The van der Waals surface area contributed by atoms with Gasteiger partial charge in [0.05, 0.1) is 6.20 Å². The molecule has 24 heavy (non-hydrogen) atoms. The Kier molecular flexibility index (Phi) is 3.98. The van der Waals surface area contributed by atoms with E-state index in [0.29, 0.717) is 5.75 Å². The highest BCUT2D eigenvalue weighted by atomic mass is 16.5. The maximum absolute atomic E-state index is 12.2. The lowest BCUT2D eigenvalue weighted by Gasteiger charge is -2.11. The third-order valence-electron chi connectivity index (χ3n) is 3.08. The molecule has 0 aliphatic carbocycles. The number of carbonyl (C=O) groups is 1. The highest BCUT2D eigenvalue weighted by Crippen LogP contribution is 2.21. The first-order valence-electron chi connectivity index (χ1n) is 6.80. The Morgan fingerprint density at radius 1 is 1.33 bits per heavy atom. The van der Waals surface area contributed by atoms with Gasteiger partial charge in [0, 0.05) is 7.05 Å². The normalized spacial score (nSPS) is 10.4. The molecular formula is C15H12N4O5. The number of ether oxygens (including phenoxy) is 1. The van der Waals surface area contributed by atoms with Crippen molar-refractivity contribution in [3.8, 4) is 17.5 Å². The van der Waals surface area contributed by atoms with Crippen LogP contribution in [0.15, 0.2) is 52.1 Å². The molecule has 0 saturated carbocycles. The van der Waals surface area contributed by atoms with Gasteiger partial charge in [-0.25, -0.2) is 0 Å². The van der Waals surface area contributed by atoms with Crippen molar-refractivity contribution in [3.63, 3.8) is 0 Å². The van der Waals surface area contributed by atoms with Gasteiger partial charge in [0.1, 0.15) is 17.7 Å². The van der Waals surface area contributed by atoms with Crippen LogP contribution in [-0.2, 0) is 7.05 Å². The fourth-order valence-electron chi connectivity index (χ4n) is 1.87. The number of amides is 1. The Labute approximate surface area is 135 Å². The molecule has 2 N–H and O–H groups in total. The number of aromatic nitrogens is 3. The highest BCUT2D eigenvalue weighted by Gasteiger charge is 2.21. The third kappa shape index (κ3) is 2.95. The molecule has 122 valence electrons. The average molecular weight is 328 g/mol. The van der Waals surface area contributed by atoms with E-state index in [1.165, 1.54) is 19.5 Å². The maximum atomic E-state index is 12.2. The van der Waals surface area contributed by atoms with E-state index in [0.717, 1.165) is 4.57 Å². The monoisotopic (exact) mass is 328 g/mol. The predicted octanol–water partition coefficient (Wildman–Crippen LogP) is 1.52. The zero-order chi connectivity index (χ0) is 17.1.